The van der Waals surface area contributed by atoms with Gasteiger partial charge in [-0.3, -0.25) is 0 Å². The SMILES string of the molecule is C/C=C/C(F)(F)COC.CC.CC. The molecule has 0 aromatic carbocycles. The van der Waals surface area contributed by atoms with Gasteiger partial charge < -0.3 is 4.74 Å². The molecule has 0 saturated carbocycles. The number of alkyl halides is 2. The van der Waals surface area contributed by atoms with E-state index in [1.165, 1.54) is 13.2 Å². The van der Waals surface area contributed by atoms with E-state index in [4.69, 9.17) is 0 Å². The van der Waals surface area contributed by atoms with Gasteiger partial charge in [-0.1, -0.05) is 33.8 Å². The molecule has 1 nitrogen and oxygen atoms in total. The van der Waals surface area contributed by atoms with Gasteiger partial charge >= 0.3 is 0 Å². The zero-order chi connectivity index (χ0) is 11.3. The molecule has 82 valence electrons. The van der Waals surface area contributed by atoms with Gasteiger partial charge in [0.25, 0.3) is 5.92 Å². The first-order valence-electron chi connectivity index (χ1n) is 4.63. The third-order valence-electron chi connectivity index (χ3n) is 0.747. The Morgan fingerprint density at radius 3 is 1.77 bits per heavy atom. The highest BCUT2D eigenvalue weighted by Gasteiger charge is 2.23. The normalized spacial score (nSPS) is 9.85. The van der Waals surface area contributed by atoms with Crippen molar-refractivity contribution < 1.29 is 13.5 Å². The third kappa shape index (κ3) is 18.5. The molecule has 0 aliphatic heterocycles. The van der Waals surface area contributed by atoms with Crippen LogP contribution in [-0.2, 0) is 4.74 Å². The van der Waals surface area contributed by atoms with Crippen LogP contribution < -0.4 is 0 Å². The zero-order valence-corrected chi connectivity index (χ0v) is 9.53. The first-order chi connectivity index (χ1) is 6.12. The van der Waals surface area contributed by atoms with Crippen molar-refractivity contribution >= 4 is 0 Å². The molecule has 0 aromatic heterocycles. The molecule has 0 aliphatic carbocycles. The van der Waals surface area contributed by atoms with Gasteiger partial charge in [-0.2, -0.15) is 8.78 Å². The summed E-state index contributed by atoms with van der Waals surface area (Å²) in [7, 11) is 1.25. The number of hydrogen-bond donors (Lipinski definition) is 0. The molecule has 0 fully saturated rings. The Kier molecular flexibility index (Phi) is 19.9. The molecule has 3 heteroatoms. The predicted molar refractivity (Wildman–Crippen MR) is 54.3 cm³/mol. The van der Waals surface area contributed by atoms with E-state index in [2.05, 4.69) is 4.74 Å². The molecule has 0 amide bonds. The maximum absolute atomic E-state index is 12.2. The van der Waals surface area contributed by atoms with Crippen LogP contribution >= 0.6 is 0 Å². The van der Waals surface area contributed by atoms with Crippen molar-refractivity contribution in [3.05, 3.63) is 12.2 Å². The summed E-state index contributed by atoms with van der Waals surface area (Å²) in [5.41, 5.74) is 0. The van der Waals surface area contributed by atoms with Crippen LogP contribution in [0, 0.1) is 0 Å². The predicted octanol–water partition coefficient (Wildman–Crippen LogP) is 3.90. The van der Waals surface area contributed by atoms with Gasteiger partial charge in [0.2, 0.25) is 0 Å². The van der Waals surface area contributed by atoms with Crippen LogP contribution in [-0.4, -0.2) is 19.6 Å². The van der Waals surface area contributed by atoms with Gasteiger partial charge in [0.05, 0.1) is 0 Å². The van der Waals surface area contributed by atoms with E-state index in [1.54, 1.807) is 6.92 Å². The topological polar surface area (TPSA) is 9.23 Å². The standard InChI is InChI=1S/C6H10F2O.2C2H6/c1-3-4-6(7,8)5-9-2;2*1-2/h3-4H,5H2,1-2H3;2*1-2H3/b4-3+;;. The van der Waals surface area contributed by atoms with E-state index in [0.717, 1.165) is 6.08 Å². The number of hydrogen-bond acceptors (Lipinski definition) is 1. The van der Waals surface area contributed by atoms with E-state index in [1.807, 2.05) is 27.7 Å². The average molecular weight is 196 g/mol. The van der Waals surface area contributed by atoms with Crippen molar-refractivity contribution in [2.75, 3.05) is 13.7 Å². The molecular weight excluding hydrogens is 174 g/mol. The number of halogens is 2. The number of methoxy groups -OCH3 is 1. The van der Waals surface area contributed by atoms with Crippen LogP contribution in [0.4, 0.5) is 8.78 Å². The molecule has 0 radical (unpaired) electrons. The molecule has 13 heavy (non-hydrogen) atoms. The average Bonchev–Trinajstić information content (AvgIpc) is 2.11. The monoisotopic (exact) mass is 196 g/mol. The Balaban J connectivity index is -0.000000218. The highest BCUT2D eigenvalue weighted by Crippen LogP contribution is 2.14. The van der Waals surface area contributed by atoms with Crippen LogP contribution in [0.15, 0.2) is 12.2 Å². The highest BCUT2D eigenvalue weighted by atomic mass is 19.3. The molecule has 0 N–H and O–H groups in total. The van der Waals surface area contributed by atoms with Crippen LogP contribution in [0.1, 0.15) is 34.6 Å². The minimum atomic E-state index is -2.80. The summed E-state index contributed by atoms with van der Waals surface area (Å²) in [6.45, 7) is 9.00. The molecule has 0 aliphatic rings. The first kappa shape index (κ1) is 18.4. The van der Waals surface area contributed by atoms with Gasteiger partial charge in [0.15, 0.2) is 0 Å². The van der Waals surface area contributed by atoms with E-state index in [-0.39, 0.29) is 0 Å². The summed E-state index contributed by atoms with van der Waals surface area (Å²) in [6, 6.07) is 0. The summed E-state index contributed by atoms with van der Waals surface area (Å²) in [4.78, 5) is 0. The molecular formula is C10H22F2O. The lowest BCUT2D eigenvalue weighted by Crippen LogP contribution is -2.19. The fourth-order valence-electron chi connectivity index (χ4n) is 0.484. The fourth-order valence-corrected chi connectivity index (χ4v) is 0.484. The summed E-state index contributed by atoms with van der Waals surface area (Å²) in [5, 5.41) is 0. The minimum absolute atomic E-state index is 0.544. The van der Waals surface area contributed by atoms with Gasteiger partial charge in [0, 0.05) is 7.11 Å². The quantitative estimate of drug-likeness (QED) is 0.622. The van der Waals surface area contributed by atoms with E-state index >= 15 is 0 Å². The lowest BCUT2D eigenvalue weighted by atomic mass is 10.3. The lowest BCUT2D eigenvalue weighted by molar-refractivity contribution is -0.0232. The van der Waals surface area contributed by atoms with E-state index in [0.29, 0.717) is 0 Å². The zero-order valence-electron chi connectivity index (χ0n) is 9.53. The Hall–Kier alpha value is -0.440. The van der Waals surface area contributed by atoms with Crippen molar-refractivity contribution in [3.63, 3.8) is 0 Å². The van der Waals surface area contributed by atoms with Gasteiger partial charge in [-0.05, 0) is 13.0 Å². The minimum Gasteiger partial charge on any atom is -0.378 e. The Labute approximate surface area is 80.8 Å². The van der Waals surface area contributed by atoms with Crippen molar-refractivity contribution in [1.82, 2.24) is 0 Å². The van der Waals surface area contributed by atoms with Crippen molar-refractivity contribution in [2.45, 2.75) is 40.5 Å². The van der Waals surface area contributed by atoms with Crippen molar-refractivity contribution in [1.29, 1.82) is 0 Å². The molecule has 0 saturated heterocycles. The summed E-state index contributed by atoms with van der Waals surface area (Å²) >= 11 is 0. The second kappa shape index (κ2) is 14.1. The van der Waals surface area contributed by atoms with Crippen LogP contribution in [0.2, 0.25) is 0 Å². The Bertz CT molecular complexity index is 101. The summed E-state index contributed by atoms with van der Waals surface area (Å²) in [6.07, 6.45) is 2.12. The largest absolute Gasteiger partial charge is 0.378 e. The molecule has 0 aromatic rings. The number of allylic oxidation sites excluding steroid dienone is 1. The Morgan fingerprint density at radius 2 is 1.54 bits per heavy atom. The van der Waals surface area contributed by atoms with Crippen molar-refractivity contribution in [3.8, 4) is 0 Å². The second-order valence-corrected chi connectivity index (χ2v) is 1.69. The van der Waals surface area contributed by atoms with Crippen LogP contribution in [0.5, 0.6) is 0 Å². The summed E-state index contributed by atoms with van der Waals surface area (Å²) < 4.78 is 28.7. The number of rotatable bonds is 3. The van der Waals surface area contributed by atoms with Gasteiger partial charge in [-0.15, -0.1) is 0 Å². The van der Waals surface area contributed by atoms with Crippen LogP contribution in [0.3, 0.4) is 0 Å². The smallest absolute Gasteiger partial charge is 0.289 e. The number of ether oxygens (including phenoxy) is 1. The summed E-state index contributed by atoms with van der Waals surface area (Å²) in [5.74, 6) is -2.80. The first-order valence-corrected chi connectivity index (χ1v) is 4.63. The van der Waals surface area contributed by atoms with Gasteiger partial charge in [-0.25, -0.2) is 0 Å². The van der Waals surface area contributed by atoms with Crippen LogP contribution in [0.25, 0.3) is 0 Å². The van der Waals surface area contributed by atoms with Crippen molar-refractivity contribution in [2.24, 2.45) is 0 Å². The second-order valence-electron chi connectivity index (χ2n) is 1.69. The fraction of sp³-hybridized carbons (Fsp3) is 0.800. The molecule has 0 rings (SSSR count). The maximum atomic E-state index is 12.2. The molecule has 0 bridgehead atoms. The van der Waals surface area contributed by atoms with E-state index in [9.17, 15) is 8.78 Å². The Morgan fingerprint density at radius 1 is 1.15 bits per heavy atom. The highest BCUT2D eigenvalue weighted by molar-refractivity contribution is 4.92. The lowest BCUT2D eigenvalue weighted by Gasteiger charge is -2.08. The molecule has 0 unspecified atom stereocenters. The van der Waals surface area contributed by atoms with Gasteiger partial charge in [0.1, 0.15) is 6.61 Å². The molecule has 0 heterocycles. The van der Waals surface area contributed by atoms with E-state index < -0.39 is 12.5 Å². The molecule has 0 spiro atoms. The maximum Gasteiger partial charge on any atom is 0.289 e. The third-order valence-corrected chi connectivity index (χ3v) is 0.747. The molecule has 0 atom stereocenters.